The van der Waals surface area contributed by atoms with Crippen LogP contribution < -0.4 is 10.1 Å². The number of hydrogen-bond acceptors (Lipinski definition) is 3. The number of hydrogen-bond donors (Lipinski definition) is 1. The van der Waals surface area contributed by atoms with Gasteiger partial charge < -0.3 is 10.1 Å². The van der Waals surface area contributed by atoms with Crippen molar-refractivity contribution < 1.29 is 9.53 Å². The number of nitrogens with one attached hydrogen (secondary N) is 1. The smallest absolute Gasteiger partial charge is 0.258 e. The molecule has 4 nitrogen and oxygen atoms in total. The van der Waals surface area contributed by atoms with Crippen LogP contribution in [0.15, 0.2) is 54.6 Å². The van der Waals surface area contributed by atoms with Crippen molar-refractivity contribution in [2.45, 2.75) is 38.6 Å². The van der Waals surface area contributed by atoms with Gasteiger partial charge in [-0.15, -0.1) is 0 Å². The lowest BCUT2D eigenvalue weighted by Gasteiger charge is -2.31. The molecule has 1 atom stereocenters. The molecular weight excluding hydrogens is 336 g/mol. The summed E-state index contributed by atoms with van der Waals surface area (Å²) in [7, 11) is 0. The van der Waals surface area contributed by atoms with E-state index in [0.29, 0.717) is 6.54 Å². The van der Waals surface area contributed by atoms with Gasteiger partial charge in [-0.05, 0) is 50.6 Å². The topological polar surface area (TPSA) is 41.6 Å². The first-order chi connectivity index (χ1) is 13.2. The summed E-state index contributed by atoms with van der Waals surface area (Å²) in [5, 5.41) is 3.08. The number of carbonyl (C=O) groups is 1. The standard InChI is InChI=1S/C23H30N2O2/c1-19-11-13-20(14-12-19)22(25-15-7-2-3-8-16-25)17-24-23(26)18-27-21-9-5-4-6-10-21/h4-6,9-14,22H,2-3,7-8,15-18H2,1H3,(H,24,26)/t22-/m1/s1. The summed E-state index contributed by atoms with van der Waals surface area (Å²) in [6.07, 6.45) is 5.06. The summed E-state index contributed by atoms with van der Waals surface area (Å²) in [6, 6.07) is 18.4. The SMILES string of the molecule is Cc1ccc([C@@H](CNC(=O)COc2ccccc2)N2CCCCCC2)cc1. The number of aryl methyl sites for hydroxylation is 1. The Morgan fingerprint density at radius 2 is 1.67 bits per heavy atom. The summed E-state index contributed by atoms with van der Waals surface area (Å²) in [4.78, 5) is 14.8. The van der Waals surface area contributed by atoms with E-state index >= 15 is 0 Å². The zero-order valence-corrected chi connectivity index (χ0v) is 16.2. The summed E-state index contributed by atoms with van der Waals surface area (Å²) >= 11 is 0. The van der Waals surface area contributed by atoms with Crippen LogP contribution in [-0.4, -0.2) is 37.0 Å². The lowest BCUT2D eigenvalue weighted by Crippen LogP contribution is -2.40. The van der Waals surface area contributed by atoms with Crippen LogP contribution in [0.3, 0.4) is 0 Å². The number of amides is 1. The van der Waals surface area contributed by atoms with Gasteiger partial charge in [0.2, 0.25) is 0 Å². The zero-order chi connectivity index (χ0) is 18.9. The van der Waals surface area contributed by atoms with Crippen LogP contribution in [0.4, 0.5) is 0 Å². The maximum atomic E-state index is 12.3. The van der Waals surface area contributed by atoms with Crippen LogP contribution in [0.5, 0.6) is 5.75 Å². The van der Waals surface area contributed by atoms with Crippen molar-refractivity contribution in [3.63, 3.8) is 0 Å². The molecule has 0 aliphatic carbocycles. The molecule has 144 valence electrons. The minimum Gasteiger partial charge on any atom is -0.484 e. The van der Waals surface area contributed by atoms with Crippen LogP contribution >= 0.6 is 0 Å². The largest absolute Gasteiger partial charge is 0.484 e. The quantitative estimate of drug-likeness (QED) is 0.802. The maximum absolute atomic E-state index is 12.3. The average molecular weight is 367 g/mol. The molecule has 2 aromatic carbocycles. The van der Waals surface area contributed by atoms with Crippen molar-refractivity contribution in [2.24, 2.45) is 0 Å². The first kappa shape index (κ1) is 19.4. The Morgan fingerprint density at radius 3 is 2.33 bits per heavy atom. The van der Waals surface area contributed by atoms with Gasteiger partial charge in [0.1, 0.15) is 5.75 Å². The monoisotopic (exact) mass is 366 g/mol. The van der Waals surface area contributed by atoms with Crippen LogP contribution in [0.2, 0.25) is 0 Å². The molecule has 2 aromatic rings. The van der Waals surface area contributed by atoms with Gasteiger partial charge in [-0.25, -0.2) is 0 Å². The number of rotatable bonds is 7. The van der Waals surface area contributed by atoms with Gasteiger partial charge in [0.25, 0.3) is 5.91 Å². The molecular formula is C23H30N2O2. The molecule has 0 radical (unpaired) electrons. The molecule has 0 spiro atoms. The normalized spacial score (nSPS) is 16.3. The number of para-hydroxylation sites is 1. The first-order valence-corrected chi connectivity index (χ1v) is 9.97. The minimum atomic E-state index is -0.0780. The van der Waals surface area contributed by atoms with E-state index in [-0.39, 0.29) is 18.6 Å². The van der Waals surface area contributed by atoms with E-state index in [0.717, 1.165) is 18.8 Å². The first-order valence-electron chi connectivity index (χ1n) is 9.97. The van der Waals surface area contributed by atoms with Gasteiger partial charge in [-0.3, -0.25) is 9.69 Å². The lowest BCUT2D eigenvalue weighted by molar-refractivity contribution is -0.123. The lowest BCUT2D eigenvalue weighted by atomic mass is 10.0. The Labute approximate surface area is 162 Å². The van der Waals surface area contributed by atoms with Crippen molar-refractivity contribution in [1.82, 2.24) is 10.2 Å². The third-order valence-electron chi connectivity index (χ3n) is 5.15. The van der Waals surface area contributed by atoms with Crippen LogP contribution in [0, 0.1) is 6.92 Å². The van der Waals surface area contributed by atoms with Crippen LogP contribution in [-0.2, 0) is 4.79 Å². The van der Waals surface area contributed by atoms with E-state index in [1.807, 2.05) is 30.3 Å². The highest BCUT2D eigenvalue weighted by Gasteiger charge is 2.22. The van der Waals surface area contributed by atoms with E-state index in [2.05, 4.69) is 41.4 Å². The van der Waals surface area contributed by atoms with Gasteiger partial charge in [0, 0.05) is 6.54 Å². The van der Waals surface area contributed by atoms with Gasteiger partial charge in [0.05, 0.1) is 6.04 Å². The van der Waals surface area contributed by atoms with E-state index in [1.165, 1.54) is 36.8 Å². The second-order valence-corrected chi connectivity index (χ2v) is 7.28. The van der Waals surface area contributed by atoms with Crippen molar-refractivity contribution in [2.75, 3.05) is 26.2 Å². The van der Waals surface area contributed by atoms with E-state index in [4.69, 9.17) is 4.74 Å². The number of carbonyl (C=O) groups excluding carboxylic acids is 1. The molecule has 0 saturated carbocycles. The molecule has 4 heteroatoms. The molecule has 0 bridgehead atoms. The fourth-order valence-corrected chi connectivity index (χ4v) is 3.58. The molecule has 1 heterocycles. The molecule has 3 rings (SSSR count). The highest BCUT2D eigenvalue weighted by Crippen LogP contribution is 2.24. The second-order valence-electron chi connectivity index (χ2n) is 7.28. The molecule has 1 fully saturated rings. The molecule has 1 aliphatic rings. The molecule has 1 aliphatic heterocycles. The number of ether oxygens (including phenoxy) is 1. The Hall–Kier alpha value is -2.33. The Balaban J connectivity index is 1.60. The third kappa shape index (κ3) is 6.10. The Bertz CT molecular complexity index is 692. The molecule has 0 aromatic heterocycles. The van der Waals surface area contributed by atoms with Gasteiger partial charge in [-0.2, -0.15) is 0 Å². The van der Waals surface area contributed by atoms with Gasteiger partial charge in [0.15, 0.2) is 6.61 Å². The predicted molar refractivity (Wildman–Crippen MR) is 109 cm³/mol. The van der Waals surface area contributed by atoms with Gasteiger partial charge in [-0.1, -0.05) is 60.9 Å². The van der Waals surface area contributed by atoms with Crippen molar-refractivity contribution in [3.05, 3.63) is 65.7 Å². The number of likely N-dealkylation sites (tertiary alicyclic amines) is 1. The fraction of sp³-hybridized carbons (Fsp3) is 0.435. The number of benzene rings is 2. The van der Waals surface area contributed by atoms with E-state index in [9.17, 15) is 4.79 Å². The van der Waals surface area contributed by atoms with Crippen molar-refractivity contribution in [3.8, 4) is 5.75 Å². The zero-order valence-electron chi connectivity index (χ0n) is 16.2. The summed E-state index contributed by atoms with van der Waals surface area (Å²) < 4.78 is 5.56. The Morgan fingerprint density at radius 1 is 1.00 bits per heavy atom. The fourth-order valence-electron chi connectivity index (χ4n) is 3.58. The molecule has 1 saturated heterocycles. The van der Waals surface area contributed by atoms with Crippen LogP contribution in [0.1, 0.15) is 42.9 Å². The highest BCUT2D eigenvalue weighted by atomic mass is 16.5. The summed E-state index contributed by atoms with van der Waals surface area (Å²) in [5.74, 6) is 0.640. The average Bonchev–Trinajstić information content (AvgIpc) is 2.98. The Kier molecular flexibility index (Phi) is 7.28. The van der Waals surface area contributed by atoms with E-state index < -0.39 is 0 Å². The minimum absolute atomic E-state index is 0.0463. The predicted octanol–water partition coefficient (Wildman–Crippen LogP) is 4.11. The summed E-state index contributed by atoms with van der Waals surface area (Å²) in [5.41, 5.74) is 2.53. The molecule has 1 N–H and O–H groups in total. The third-order valence-corrected chi connectivity index (χ3v) is 5.15. The molecule has 0 unspecified atom stereocenters. The second kappa shape index (κ2) is 10.1. The highest BCUT2D eigenvalue weighted by molar-refractivity contribution is 5.77. The van der Waals surface area contributed by atoms with Crippen molar-refractivity contribution >= 4 is 5.91 Å². The van der Waals surface area contributed by atoms with Gasteiger partial charge >= 0.3 is 0 Å². The number of nitrogens with zero attached hydrogens (tertiary/aromatic N) is 1. The molecule has 1 amide bonds. The summed E-state index contributed by atoms with van der Waals surface area (Å²) in [6.45, 7) is 4.95. The molecule has 27 heavy (non-hydrogen) atoms. The van der Waals surface area contributed by atoms with Crippen molar-refractivity contribution in [1.29, 1.82) is 0 Å². The van der Waals surface area contributed by atoms with E-state index in [1.54, 1.807) is 0 Å². The van der Waals surface area contributed by atoms with Crippen LogP contribution in [0.25, 0.3) is 0 Å². The maximum Gasteiger partial charge on any atom is 0.258 e.